The van der Waals surface area contributed by atoms with E-state index in [1.807, 2.05) is 30.9 Å². The van der Waals surface area contributed by atoms with Gasteiger partial charge in [-0.1, -0.05) is 36.5 Å². The molecule has 6 rings (SSSR count). The number of hydrogen-bond acceptors (Lipinski definition) is 8. The van der Waals surface area contributed by atoms with E-state index in [0.717, 1.165) is 42.3 Å². The largest absolute Gasteiger partial charge is 0.439 e. The molecule has 2 N–H and O–H groups in total. The number of rotatable bonds is 6. The van der Waals surface area contributed by atoms with Crippen molar-refractivity contribution in [2.75, 3.05) is 18.0 Å². The topological polar surface area (TPSA) is 138 Å². The van der Waals surface area contributed by atoms with E-state index in [1.54, 1.807) is 12.4 Å². The number of imidazole rings is 1. The molecule has 1 saturated heterocycles. The summed E-state index contributed by atoms with van der Waals surface area (Å²) in [7, 11) is 0. The highest BCUT2D eigenvalue weighted by molar-refractivity contribution is 6.30. The third-order valence-corrected chi connectivity index (χ3v) is 9.00. The Bertz CT molecular complexity index is 1690. The van der Waals surface area contributed by atoms with Crippen LogP contribution in [-0.2, 0) is 6.54 Å². The number of halogens is 1. The molecule has 13 heteroatoms. The highest BCUT2D eigenvalue weighted by Gasteiger charge is 2.36. The summed E-state index contributed by atoms with van der Waals surface area (Å²) in [5.74, 6) is 1.62. The van der Waals surface area contributed by atoms with E-state index in [-0.39, 0.29) is 30.0 Å². The predicted molar refractivity (Wildman–Crippen MR) is 170 cm³/mol. The summed E-state index contributed by atoms with van der Waals surface area (Å²) in [6.45, 7) is 12.5. The molecule has 12 nitrogen and oxygen atoms in total. The molecule has 0 aromatic carbocycles. The van der Waals surface area contributed by atoms with Crippen LogP contribution in [0.25, 0.3) is 33.8 Å². The number of amides is 2. The number of anilines is 1. The summed E-state index contributed by atoms with van der Waals surface area (Å²) < 4.78 is 7.12. The van der Waals surface area contributed by atoms with Crippen LogP contribution in [-0.4, -0.2) is 71.8 Å². The second-order valence-corrected chi connectivity index (χ2v) is 13.3. The molecule has 1 unspecified atom stereocenters. The van der Waals surface area contributed by atoms with Gasteiger partial charge >= 0.3 is 11.8 Å². The second-order valence-electron chi connectivity index (χ2n) is 12.8. The highest BCUT2D eigenvalue weighted by atomic mass is 35.5. The van der Waals surface area contributed by atoms with Crippen molar-refractivity contribution in [2.24, 2.45) is 11.8 Å². The van der Waals surface area contributed by atoms with Crippen LogP contribution in [0.3, 0.4) is 0 Å². The normalized spacial score (nSPS) is 22.6. The van der Waals surface area contributed by atoms with E-state index in [1.165, 1.54) is 12.8 Å². The summed E-state index contributed by atoms with van der Waals surface area (Å²) >= 11 is 6.42. The summed E-state index contributed by atoms with van der Waals surface area (Å²) in [4.78, 5) is 46.2. The maximum absolute atomic E-state index is 13.0. The zero-order valence-corrected chi connectivity index (χ0v) is 26.6. The molecular formula is C31H40ClN9O3. The number of carbonyl (C=O) groups excluding carboxylic acids is 1. The first kappa shape index (κ1) is 30.1. The molecule has 5 heterocycles. The molecule has 0 radical (unpaired) electrons. The lowest BCUT2D eigenvalue weighted by molar-refractivity contribution is 0.173. The van der Waals surface area contributed by atoms with Crippen molar-refractivity contribution in [3.05, 3.63) is 40.1 Å². The predicted octanol–water partition coefficient (Wildman–Crippen LogP) is 5.33. The van der Waals surface area contributed by atoms with Crippen LogP contribution < -0.4 is 16.0 Å². The summed E-state index contributed by atoms with van der Waals surface area (Å²) in [6.07, 6.45) is 8.03. The van der Waals surface area contributed by atoms with Crippen LogP contribution in [0.4, 0.5) is 10.7 Å². The van der Waals surface area contributed by atoms with Crippen molar-refractivity contribution >= 4 is 34.6 Å². The summed E-state index contributed by atoms with van der Waals surface area (Å²) in [5, 5.41) is 7.42. The van der Waals surface area contributed by atoms with Gasteiger partial charge in [0.25, 0.3) is 0 Å². The fraction of sp³-hybridized carbons (Fsp3) is 0.548. The Morgan fingerprint density at radius 1 is 1.09 bits per heavy atom. The lowest BCUT2D eigenvalue weighted by atomic mass is 9.83. The minimum Gasteiger partial charge on any atom is -0.336 e. The lowest BCUT2D eigenvalue weighted by Gasteiger charge is -2.45. The molecule has 2 amide bonds. The van der Waals surface area contributed by atoms with Gasteiger partial charge in [0.1, 0.15) is 5.69 Å². The molecule has 2 atom stereocenters. The molecule has 44 heavy (non-hydrogen) atoms. The van der Waals surface area contributed by atoms with Gasteiger partial charge in [-0.05, 0) is 64.5 Å². The molecule has 1 saturated carbocycles. The van der Waals surface area contributed by atoms with Crippen molar-refractivity contribution in [1.29, 1.82) is 0 Å². The molecular weight excluding hydrogens is 582 g/mol. The Morgan fingerprint density at radius 3 is 2.45 bits per heavy atom. The first-order valence-corrected chi connectivity index (χ1v) is 15.9. The van der Waals surface area contributed by atoms with Crippen molar-refractivity contribution in [3.8, 4) is 22.8 Å². The second kappa shape index (κ2) is 12.2. The molecule has 2 aliphatic rings. The fourth-order valence-corrected chi connectivity index (χ4v) is 6.88. The first-order chi connectivity index (χ1) is 21.1. The SMILES string of the molecule is CC(C)NC(=O)N1CC(C)N(c2nc3cc(-c4noc(=O)[nH]4)nc(-c4cncc(Cl)c4)c3n2C[C@H]2CC[C@H](C)CC2)[C@H](C)C1. The standard InChI is InChI=1S/C31H40ClN9O3/c1-17(2)34-30(42)39-14-19(4)41(20(5)15-39)29-36-24-11-25(28-37-31(43)44-38-28)35-26(22-10-23(32)13-33-12-22)27(24)40(29)16-21-8-6-18(3)7-9-21/h10-13,17-21H,6-9,14-16H2,1-5H3,(H,34,42)(H,37,38,43)/t18-,19-,20?,21-/m1/s1. The van der Waals surface area contributed by atoms with Crippen LogP contribution in [0.2, 0.25) is 5.02 Å². The number of H-pyrrole nitrogens is 1. The number of aromatic nitrogens is 6. The average molecular weight is 622 g/mol. The molecule has 4 aromatic heterocycles. The molecule has 1 aliphatic heterocycles. The minimum atomic E-state index is -0.660. The molecule has 234 valence electrons. The molecule has 4 aromatic rings. The Labute approximate surface area is 261 Å². The van der Waals surface area contributed by atoms with Crippen LogP contribution >= 0.6 is 11.6 Å². The number of nitrogens with one attached hydrogen (secondary N) is 2. The van der Waals surface area contributed by atoms with E-state index in [4.69, 9.17) is 26.1 Å². The van der Waals surface area contributed by atoms with Gasteiger partial charge in [0, 0.05) is 55.7 Å². The zero-order valence-electron chi connectivity index (χ0n) is 25.9. The number of carbonyl (C=O) groups is 1. The first-order valence-electron chi connectivity index (χ1n) is 15.5. The van der Waals surface area contributed by atoms with Gasteiger partial charge in [0.05, 0.1) is 21.7 Å². The van der Waals surface area contributed by atoms with Gasteiger partial charge in [-0.15, -0.1) is 0 Å². The minimum absolute atomic E-state index is 0.00853. The van der Waals surface area contributed by atoms with Gasteiger partial charge in [-0.25, -0.2) is 19.6 Å². The summed E-state index contributed by atoms with van der Waals surface area (Å²) in [6, 6.07) is 3.71. The number of aromatic amines is 1. The Hall–Kier alpha value is -3.93. The number of nitrogens with zero attached hydrogens (tertiary/aromatic N) is 7. The molecule has 1 aliphatic carbocycles. The van der Waals surface area contributed by atoms with Crippen molar-refractivity contribution in [1.82, 2.24) is 39.9 Å². The zero-order chi connectivity index (χ0) is 31.1. The smallest absolute Gasteiger partial charge is 0.336 e. The quantitative estimate of drug-likeness (QED) is 0.294. The van der Waals surface area contributed by atoms with Crippen LogP contribution in [0.15, 0.2) is 33.8 Å². The van der Waals surface area contributed by atoms with E-state index >= 15 is 0 Å². The third kappa shape index (κ3) is 6.04. The van der Waals surface area contributed by atoms with E-state index < -0.39 is 5.76 Å². The van der Waals surface area contributed by atoms with Crippen LogP contribution in [0, 0.1) is 11.8 Å². The van der Waals surface area contributed by atoms with E-state index in [2.05, 4.69) is 50.7 Å². The van der Waals surface area contributed by atoms with Gasteiger partial charge in [-0.3, -0.25) is 14.5 Å². The van der Waals surface area contributed by atoms with Crippen LogP contribution in [0.5, 0.6) is 0 Å². The molecule has 2 fully saturated rings. The number of pyridine rings is 2. The maximum Gasteiger partial charge on any atom is 0.439 e. The molecule has 0 spiro atoms. The van der Waals surface area contributed by atoms with E-state index in [9.17, 15) is 9.59 Å². The third-order valence-electron chi connectivity index (χ3n) is 8.79. The summed E-state index contributed by atoms with van der Waals surface area (Å²) in [5.41, 5.74) is 3.40. The van der Waals surface area contributed by atoms with E-state index in [0.29, 0.717) is 40.9 Å². The monoisotopic (exact) mass is 621 g/mol. The van der Waals surface area contributed by atoms with Crippen LogP contribution in [0.1, 0.15) is 60.3 Å². The maximum atomic E-state index is 13.0. The Balaban J connectivity index is 1.51. The fourth-order valence-electron chi connectivity index (χ4n) is 6.71. The highest BCUT2D eigenvalue weighted by Crippen LogP contribution is 2.38. The van der Waals surface area contributed by atoms with Crippen molar-refractivity contribution in [3.63, 3.8) is 0 Å². The Morgan fingerprint density at radius 2 is 1.82 bits per heavy atom. The average Bonchev–Trinajstić information content (AvgIpc) is 3.56. The van der Waals surface area contributed by atoms with Gasteiger partial charge in [0.2, 0.25) is 11.8 Å². The number of fused-ring (bicyclic) bond motifs is 1. The number of piperazine rings is 1. The number of hydrogen-bond donors (Lipinski definition) is 2. The van der Waals surface area contributed by atoms with Crippen molar-refractivity contribution in [2.45, 2.75) is 85.0 Å². The lowest BCUT2D eigenvalue weighted by Crippen LogP contribution is -2.61. The number of urea groups is 1. The Kier molecular flexibility index (Phi) is 8.36. The van der Waals surface area contributed by atoms with Gasteiger partial charge in [0.15, 0.2) is 0 Å². The molecule has 0 bridgehead atoms. The van der Waals surface area contributed by atoms with Crippen molar-refractivity contribution < 1.29 is 9.32 Å². The van der Waals surface area contributed by atoms with Gasteiger partial charge in [-0.2, -0.15) is 0 Å². The van der Waals surface area contributed by atoms with Gasteiger partial charge < -0.3 is 19.7 Å².